The number of hydrogen-bond acceptors (Lipinski definition) is 3. The van der Waals surface area contributed by atoms with E-state index in [2.05, 4.69) is 25.3 Å². The van der Waals surface area contributed by atoms with E-state index in [4.69, 9.17) is 10.6 Å². The Balaban J connectivity index is 2.88. The van der Waals surface area contributed by atoms with Crippen LogP contribution in [0.3, 0.4) is 0 Å². The number of rotatable bonds is 5. The first-order valence-electron chi connectivity index (χ1n) is 5.77. The van der Waals surface area contributed by atoms with E-state index < -0.39 is 0 Å². The average molecular weight is 222 g/mol. The summed E-state index contributed by atoms with van der Waals surface area (Å²) in [6.45, 7) is 8.32. The number of nitrogens with two attached hydrogens (primary N) is 1. The molecule has 16 heavy (non-hydrogen) atoms. The number of ether oxygens (including phenoxy) is 1. The first-order chi connectivity index (χ1) is 7.54. The molecule has 0 amide bonds. The third kappa shape index (κ3) is 3.51. The van der Waals surface area contributed by atoms with Crippen molar-refractivity contribution in [2.45, 2.75) is 39.8 Å². The van der Waals surface area contributed by atoms with Crippen molar-refractivity contribution in [1.82, 2.24) is 5.43 Å². The third-order valence-corrected chi connectivity index (χ3v) is 2.44. The zero-order valence-corrected chi connectivity index (χ0v) is 10.5. The van der Waals surface area contributed by atoms with Crippen molar-refractivity contribution < 1.29 is 4.74 Å². The molecule has 1 rings (SSSR count). The van der Waals surface area contributed by atoms with Crippen molar-refractivity contribution in [3.05, 3.63) is 29.8 Å². The molecule has 1 unspecified atom stereocenters. The predicted octanol–water partition coefficient (Wildman–Crippen LogP) is 2.63. The number of hydrogen-bond donors (Lipinski definition) is 2. The van der Waals surface area contributed by atoms with Gasteiger partial charge in [-0.2, -0.15) is 0 Å². The van der Waals surface area contributed by atoms with Crippen LogP contribution in [0, 0.1) is 5.92 Å². The summed E-state index contributed by atoms with van der Waals surface area (Å²) in [7, 11) is 0. The maximum absolute atomic E-state index is 5.66. The second kappa shape index (κ2) is 5.87. The third-order valence-electron chi connectivity index (χ3n) is 2.44. The smallest absolute Gasteiger partial charge is 0.120 e. The molecule has 1 aromatic rings. The minimum absolute atomic E-state index is 0.163. The Labute approximate surface area is 98.0 Å². The number of benzene rings is 1. The molecular weight excluding hydrogens is 200 g/mol. The van der Waals surface area contributed by atoms with E-state index in [1.807, 2.05) is 32.0 Å². The van der Waals surface area contributed by atoms with Crippen molar-refractivity contribution in [3.8, 4) is 5.75 Å². The molecule has 0 aliphatic carbocycles. The monoisotopic (exact) mass is 222 g/mol. The van der Waals surface area contributed by atoms with Gasteiger partial charge in [-0.25, -0.2) is 0 Å². The molecule has 0 spiro atoms. The summed E-state index contributed by atoms with van der Waals surface area (Å²) in [6, 6.07) is 8.25. The van der Waals surface area contributed by atoms with E-state index in [9.17, 15) is 0 Å². The maximum Gasteiger partial charge on any atom is 0.120 e. The van der Waals surface area contributed by atoms with Gasteiger partial charge in [0.25, 0.3) is 0 Å². The fourth-order valence-corrected chi connectivity index (χ4v) is 1.73. The topological polar surface area (TPSA) is 47.3 Å². The highest BCUT2D eigenvalue weighted by Crippen LogP contribution is 2.24. The van der Waals surface area contributed by atoms with Gasteiger partial charge in [0.15, 0.2) is 0 Å². The lowest BCUT2D eigenvalue weighted by Gasteiger charge is -2.21. The second-order valence-corrected chi connectivity index (χ2v) is 4.63. The second-order valence-electron chi connectivity index (χ2n) is 4.63. The number of hydrazine groups is 1. The molecule has 3 N–H and O–H groups in total. The van der Waals surface area contributed by atoms with Crippen LogP contribution in [0.2, 0.25) is 0 Å². The van der Waals surface area contributed by atoms with Crippen molar-refractivity contribution in [2.75, 3.05) is 0 Å². The lowest BCUT2D eigenvalue weighted by Crippen LogP contribution is -2.31. The summed E-state index contributed by atoms with van der Waals surface area (Å²) in [6.07, 6.45) is 0.193. The normalized spacial score (nSPS) is 13.2. The molecule has 90 valence electrons. The summed E-state index contributed by atoms with van der Waals surface area (Å²) in [5.74, 6) is 6.91. The lowest BCUT2D eigenvalue weighted by molar-refractivity contribution is 0.242. The summed E-state index contributed by atoms with van der Waals surface area (Å²) in [5.41, 5.74) is 4.01. The van der Waals surface area contributed by atoms with Gasteiger partial charge in [-0.1, -0.05) is 26.0 Å². The maximum atomic E-state index is 5.66. The minimum atomic E-state index is 0.163. The Morgan fingerprint density at radius 1 is 1.19 bits per heavy atom. The molecule has 0 radical (unpaired) electrons. The standard InChI is InChI=1S/C13H22N2O/c1-9(2)13(15-14)11-6-5-7-12(8-11)16-10(3)4/h5-10,13,15H,14H2,1-4H3. The summed E-state index contributed by atoms with van der Waals surface area (Å²) >= 11 is 0. The van der Waals surface area contributed by atoms with Gasteiger partial charge in [0, 0.05) is 6.04 Å². The van der Waals surface area contributed by atoms with Gasteiger partial charge in [-0.3, -0.25) is 11.3 Å². The van der Waals surface area contributed by atoms with Crippen molar-refractivity contribution in [1.29, 1.82) is 0 Å². The van der Waals surface area contributed by atoms with E-state index in [-0.39, 0.29) is 12.1 Å². The van der Waals surface area contributed by atoms with Crippen LogP contribution >= 0.6 is 0 Å². The van der Waals surface area contributed by atoms with E-state index in [1.54, 1.807) is 0 Å². The van der Waals surface area contributed by atoms with E-state index >= 15 is 0 Å². The van der Waals surface area contributed by atoms with Crippen molar-refractivity contribution >= 4 is 0 Å². The quantitative estimate of drug-likeness (QED) is 0.594. The number of nitrogens with one attached hydrogen (secondary N) is 1. The zero-order valence-electron chi connectivity index (χ0n) is 10.5. The van der Waals surface area contributed by atoms with Crippen molar-refractivity contribution in [3.63, 3.8) is 0 Å². The molecule has 3 heteroatoms. The van der Waals surface area contributed by atoms with Gasteiger partial charge in [-0.15, -0.1) is 0 Å². The van der Waals surface area contributed by atoms with Gasteiger partial charge in [0.05, 0.1) is 6.10 Å². The van der Waals surface area contributed by atoms with Gasteiger partial charge in [0.2, 0.25) is 0 Å². The van der Waals surface area contributed by atoms with E-state index in [0.717, 1.165) is 11.3 Å². The lowest BCUT2D eigenvalue weighted by atomic mass is 9.96. The Bertz CT molecular complexity index is 323. The van der Waals surface area contributed by atoms with Gasteiger partial charge < -0.3 is 4.74 Å². The molecule has 1 aromatic carbocycles. The first-order valence-corrected chi connectivity index (χ1v) is 5.77. The van der Waals surface area contributed by atoms with E-state index in [1.165, 1.54) is 0 Å². The highest BCUT2D eigenvalue weighted by atomic mass is 16.5. The molecule has 0 aromatic heterocycles. The Morgan fingerprint density at radius 2 is 1.88 bits per heavy atom. The minimum Gasteiger partial charge on any atom is -0.491 e. The predicted molar refractivity (Wildman–Crippen MR) is 67.1 cm³/mol. The summed E-state index contributed by atoms with van der Waals surface area (Å²) in [4.78, 5) is 0. The van der Waals surface area contributed by atoms with Crippen LogP contribution in [-0.4, -0.2) is 6.10 Å². The Hall–Kier alpha value is -1.06. The SMILES string of the molecule is CC(C)Oc1cccc(C(NN)C(C)C)c1. The zero-order chi connectivity index (χ0) is 12.1. The molecular formula is C13H22N2O. The summed E-state index contributed by atoms with van der Waals surface area (Å²) < 4.78 is 5.66. The van der Waals surface area contributed by atoms with Gasteiger partial charge >= 0.3 is 0 Å². The molecule has 0 aliphatic rings. The molecule has 0 aliphatic heterocycles. The fraction of sp³-hybridized carbons (Fsp3) is 0.538. The van der Waals surface area contributed by atoms with Crippen molar-refractivity contribution in [2.24, 2.45) is 11.8 Å². The van der Waals surface area contributed by atoms with Crippen LogP contribution in [0.1, 0.15) is 39.3 Å². The van der Waals surface area contributed by atoms with Crippen LogP contribution in [0.15, 0.2) is 24.3 Å². The highest BCUT2D eigenvalue weighted by Gasteiger charge is 2.14. The van der Waals surface area contributed by atoms with Crippen LogP contribution in [0.4, 0.5) is 0 Å². The molecule has 0 bridgehead atoms. The fourth-order valence-electron chi connectivity index (χ4n) is 1.73. The molecule has 0 fully saturated rings. The largest absolute Gasteiger partial charge is 0.491 e. The van der Waals surface area contributed by atoms with Gasteiger partial charge in [-0.05, 0) is 37.5 Å². The van der Waals surface area contributed by atoms with Gasteiger partial charge in [0.1, 0.15) is 5.75 Å². The molecule has 1 atom stereocenters. The Morgan fingerprint density at radius 3 is 2.38 bits per heavy atom. The van der Waals surface area contributed by atoms with Crippen LogP contribution in [0.25, 0.3) is 0 Å². The molecule has 3 nitrogen and oxygen atoms in total. The molecule has 0 saturated heterocycles. The Kier molecular flexibility index (Phi) is 4.77. The molecule has 0 saturated carbocycles. The first kappa shape index (κ1) is 13.0. The highest BCUT2D eigenvalue weighted by molar-refractivity contribution is 5.31. The van der Waals surface area contributed by atoms with Crippen LogP contribution < -0.4 is 16.0 Å². The summed E-state index contributed by atoms with van der Waals surface area (Å²) in [5, 5.41) is 0. The average Bonchev–Trinajstić information content (AvgIpc) is 2.17. The van der Waals surface area contributed by atoms with Crippen LogP contribution in [0.5, 0.6) is 5.75 Å². The molecule has 0 heterocycles. The van der Waals surface area contributed by atoms with E-state index in [0.29, 0.717) is 5.92 Å². The van der Waals surface area contributed by atoms with Crippen LogP contribution in [-0.2, 0) is 0 Å².